The van der Waals surface area contributed by atoms with E-state index < -0.39 is 0 Å². The minimum absolute atomic E-state index is 0.603. The summed E-state index contributed by atoms with van der Waals surface area (Å²) in [4.78, 5) is 3.77. The molecule has 3 aromatic carbocycles. The molecule has 0 spiro atoms. The van der Waals surface area contributed by atoms with Crippen molar-refractivity contribution in [2.24, 2.45) is 7.05 Å². The van der Waals surface area contributed by atoms with E-state index in [4.69, 9.17) is 11.0 Å². The molecule has 5 aromatic rings. The zero-order valence-electron chi connectivity index (χ0n) is 16.3. The van der Waals surface area contributed by atoms with Crippen LogP contribution < -0.4 is 4.57 Å². The third kappa shape index (κ3) is 2.69. The molecule has 0 radical (unpaired) electrons. The molecule has 0 atom stereocenters. The molecule has 3 nitrogen and oxygen atoms in total. The first kappa shape index (κ1) is 17.2. The Balaban J connectivity index is 1.87. The fourth-order valence-electron chi connectivity index (χ4n) is 4.02. The zero-order chi connectivity index (χ0) is 20.0. The fraction of sp³-hybridized carbons (Fsp3) is 0.0769. The van der Waals surface area contributed by atoms with Gasteiger partial charge >= 0.3 is 0 Å². The van der Waals surface area contributed by atoms with E-state index in [1.807, 2.05) is 61.8 Å². The van der Waals surface area contributed by atoms with Gasteiger partial charge in [0.25, 0.3) is 0 Å². The second-order valence-electron chi connectivity index (χ2n) is 7.28. The van der Waals surface area contributed by atoms with Crippen molar-refractivity contribution in [1.82, 2.24) is 0 Å². The fourth-order valence-corrected chi connectivity index (χ4v) is 4.02. The number of benzene rings is 3. The number of nitrogens with zero attached hydrogens (tertiary/aromatic N) is 2. The van der Waals surface area contributed by atoms with E-state index in [9.17, 15) is 0 Å². The van der Waals surface area contributed by atoms with Crippen molar-refractivity contribution < 1.29 is 8.98 Å². The van der Waals surface area contributed by atoms with E-state index in [-0.39, 0.29) is 0 Å². The van der Waals surface area contributed by atoms with E-state index in [1.54, 1.807) is 0 Å². The molecule has 138 valence electrons. The summed E-state index contributed by atoms with van der Waals surface area (Å²) in [5.41, 5.74) is 7.54. The first-order valence-corrected chi connectivity index (χ1v) is 9.55. The van der Waals surface area contributed by atoms with Crippen LogP contribution in [0.15, 0.2) is 83.4 Å². The standard InChI is InChI=1S/C26H19N2O/c1-17-12-13-19-21-15-20(18-9-5-4-6-10-18)22(27-2)16-24(21)29-26(19)25(17)23-11-7-8-14-28(23)3/h4-16H,1,3H3/q+1. The smallest absolute Gasteiger partial charge is 0.216 e. The van der Waals surface area contributed by atoms with Crippen LogP contribution in [0.25, 0.3) is 49.2 Å². The molecule has 0 fully saturated rings. The highest BCUT2D eigenvalue weighted by Crippen LogP contribution is 2.41. The molecule has 0 bridgehead atoms. The topological polar surface area (TPSA) is 21.4 Å². The van der Waals surface area contributed by atoms with Crippen LogP contribution in [-0.2, 0) is 7.05 Å². The summed E-state index contributed by atoms with van der Waals surface area (Å²) in [5.74, 6) is 0. The third-order valence-electron chi connectivity index (χ3n) is 5.48. The molecular weight excluding hydrogens is 356 g/mol. The Hall–Kier alpha value is -3.90. The normalized spacial score (nSPS) is 11.1. The van der Waals surface area contributed by atoms with Crippen molar-refractivity contribution in [2.45, 2.75) is 6.92 Å². The van der Waals surface area contributed by atoms with Crippen LogP contribution in [0.2, 0.25) is 0 Å². The molecule has 0 amide bonds. The monoisotopic (exact) mass is 375 g/mol. The van der Waals surface area contributed by atoms with Crippen molar-refractivity contribution in [3.05, 3.63) is 96.0 Å². The van der Waals surface area contributed by atoms with E-state index in [0.717, 1.165) is 49.9 Å². The van der Waals surface area contributed by atoms with Gasteiger partial charge in [-0.3, -0.25) is 0 Å². The van der Waals surface area contributed by atoms with Gasteiger partial charge in [-0.1, -0.05) is 48.5 Å². The van der Waals surface area contributed by atoms with Crippen molar-refractivity contribution in [3.8, 4) is 22.4 Å². The molecule has 0 aliphatic carbocycles. The van der Waals surface area contributed by atoms with E-state index in [1.165, 1.54) is 0 Å². The number of hydrogen-bond acceptors (Lipinski definition) is 1. The summed E-state index contributed by atoms with van der Waals surface area (Å²) >= 11 is 0. The number of aryl methyl sites for hydroxylation is 2. The summed E-state index contributed by atoms with van der Waals surface area (Å²) in [6, 6.07) is 24.5. The first-order chi connectivity index (χ1) is 14.2. The van der Waals surface area contributed by atoms with Crippen molar-refractivity contribution in [3.63, 3.8) is 0 Å². The van der Waals surface area contributed by atoms with Crippen LogP contribution >= 0.6 is 0 Å². The van der Waals surface area contributed by atoms with Crippen LogP contribution in [0.4, 0.5) is 5.69 Å². The van der Waals surface area contributed by atoms with Gasteiger partial charge in [0, 0.05) is 22.9 Å². The minimum atomic E-state index is 0.603. The maximum atomic E-state index is 7.66. The van der Waals surface area contributed by atoms with E-state index >= 15 is 0 Å². The zero-order valence-corrected chi connectivity index (χ0v) is 16.3. The van der Waals surface area contributed by atoms with Gasteiger partial charge in [0.05, 0.1) is 12.1 Å². The quantitative estimate of drug-likeness (QED) is 0.251. The van der Waals surface area contributed by atoms with Gasteiger partial charge in [0.15, 0.2) is 11.9 Å². The molecule has 3 heteroatoms. The lowest BCUT2D eigenvalue weighted by Crippen LogP contribution is -2.30. The molecule has 0 aliphatic heterocycles. The molecule has 2 aromatic heterocycles. The Kier molecular flexibility index (Phi) is 3.93. The minimum Gasteiger partial charge on any atom is -0.456 e. The lowest BCUT2D eigenvalue weighted by Gasteiger charge is -2.05. The number of furan rings is 1. The maximum Gasteiger partial charge on any atom is 0.216 e. The molecule has 0 saturated carbocycles. The van der Waals surface area contributed by atoms with Gasteiger partial charge < -0.3 is 4.42 Å². The third-order valence-corrected chi connectivity index (χ3v) is 5.48. The lowest BCUT2D eigenvalue weighted by molar-refractivity contribution is -0.660. The molecule has 29 heavy (non-hydrogen) atoms. The second-order valence-corrected chi connectivity index (χ2v) is 7.28. The first-order valence-electron chi connectivity index (χ1n) is 9.55. The molecular formula is C26H19N2O+. The Morgan fingerprint density at radius 3 is 2.45 bits per heavy atom. The largest absolute Gasteiger partial charge is 0.456 e. The highest BCUT2D eigenvalue weighted by atomic mass is 16.3. The molecule has 5 rings (SSSR count). The van der Waals surface area contributed by atoms with E-state index in [2.05, 4.69) is 40.6 Å². The summed E-state index contributed by atoms with van der Waals surface area (Å²) in [6.07, 6.45) is 2.04. The summed E-state index contributed by atoms with van der Waals surface area (Å²) in [6.45, 7) is 9.77. The summed E-state index contributed by atoms with van der Waals surface area (Å²) in [5, 5.41) is 2.10. The molecule has 2 heterocycles. The number of hydrogen-bond donors (Lipinski definition) is 0. The van der Waals surface area contributed by atoms with Crippen LogP contribution in [0, 0.1) is 13.5 Å². The van der Waals surface area contributed by atoms with Crippen LogP contribution in [-0.4, -0.2) is 0 Å². The predicted octanol–water partition coefficient (Wildman–Crippen LogP) is 6.60. The van der Waals surface area contributed by atoms with Gasteiger partial charge in [-0.2, -0.15) is 0 Å². The van der Waals surface area contributed by atoms with E-state index in [0.29, 0.717) is 5.69 Å². The Labute approximate surface area is 169 Å². The van der Waals surface area contributed by atoms with Gasteiger partial charge in [0.1, 0.15) is 18.2 Å². The van der Waals surface area contributed by atoms with Crippen molar-refractivity contribution in [1.29, 1.82) is 0 Å². The van der Waals surface area contributed by atoms with Crippen molar-refractivity contribution in [2.75, 3.05) is 0 Å². The summed E-state index contributed by atoms with van der Waals surface area (Å²) in [7, 11) is 2.04. The average molecular weight is 375 g/mol. The molecule has 0 N–H and O–H groups in total. The molecule has 0 unspecified atom stereocenters. The number of pyridine rings is 1. The lowest BCUT2D eigenvalue weighted by atomic mass is 9.98. The van der Waals surface area contributed by atoms with Gasteiger partial charge in [-0.05, 0) is 35.7 Å². The Morgan fingerprint density at radius 2 is 1.69 bits per heavy atom. The Bertz CT molecular complexity index is 1420. The van der Waals surface area contributed by atoms with Gasteiger partial charge in [-0.15, -0.1) is 0 Å². The number of aromatic nitrogens is 1. The molecule has 0 saturated heterocycles. The van der Waals surface area contributed by atoms with Gasteiger partial charge in [0.2, 0.25) is 5.69 Å². The predicted molar refractivity (Wildman–Crippen MR) is 117 cm³/mol. The van der Waals surface area contributed by atoms with Crippen LogP contribution in [0.5, 0.6) is 0 Å². The Morgan fingerprint density at radius 1 is 0.897 bits per heavy atom. The van der Waals surface area contributed by atoms with Crippen molar-refractivity contribution >= 4 is 27.6 Å². The molecule has 0 aliphatic rings. The SMILES string of the molecule is [C-]#[N+]c1cc2oc3c(-c4cccc[n+]4C)c(C)ccc3c2cc1-c1ccccc1. The number of rotatable bonds is 2. The average Bonchev–Trinajstić information content (AvgIpc) is 3.11. The highest BCUT2D eigenvalue weighted by molar-refractivity contribution is 6.12. The highest BCUT2D eigenvalue weighted by Gasteiger charge is 2.21. The van der Waals surface area contributed by atoms with Gasteiger partial charge in [-0.25, -0.2) is 9.41 Å². The van der Waals surface area contributed by atoms with Crippen LogP contribution in [0.3, 0.4) is 0 Å². The second kappa shape index (κ2) is 6.61. The maximum absolute atomic E-state index is 7.66. The summed E-state index contributed by atoms with van der Waals surface area (Å²) < 4.78 is 8.46. The number of fused-ring (bicyclic) bond motifs is 3. The van der Waals surface area contributed by atoms with Crippen LogP contribution in [0.1, 0.15) is 5.56 Å².